The van der Waals surface area contributed by atoms with Gasteiger partial charge in [0.15, 0.2) is 0 Å². The molecule has 20 heavy (non-hydrogen) atoms. The molecule has 0 saturated carbocycles. The molecule has 0 spiro atoms. The molecule has 0 aromatic rings. The molecule has 0 aliphatic rings. The Morgan fingerprint density at radius 1 is 1.15 bits per heavy atom. The van der Waals surface area contributed by atoms with Crippen molar-refractivity contribution in [3.8, 4) is 0 Å². The van der Waals surface area contributed by atoms with Gasteiger partial charge in [0.2, 0.25) is 5.91 Å². The number of amides is 1. The first kappa shape index (κ1) is 19.4. The predicted molar refractivity (Wildman–Crippen MR) is 87.9 cm³/mol. The fourth-order valence-electron chi connectivity index (χ4n) is 2.19. The van der Waals surface area contributed by atoms with Crippen molar-refractivity contribution >= 4 is 5.91 Å². The molecule has 0 aliphatic carbocycles. The third-order valence-electron chi connectivity index (χ3n) is 4.05. The Labute approximate surface area is 126 Å². The maximum absolute atomic E-state index is 12.5. The summed E-state index contributed by atoms with van der Waals surface area (Å²) in [6.45, 7) is 16.9. The molecule has 2 N–H and O–H groups in total. The zero-order chi connectivity index (χ0) is 15.8. The average Bonchev–Trinajstić information content (AvgIpc) is 2.36. The van der Waals surface area contributed by atoms with Crippen molar-refractivity contribution < 1.29 is 4.79 Å². The van der Waals surface area contributed by atoms with Crippen molar-refractivity contribution in [2.75, 3.05) is 13.1 Å². The van der Waals surface area contributed by atoms with Crippen molar-refractivity contribution in [2.24, 2.45) is 11.3 Å². The molecule has 0 bridgehead atoms. The maximum Gasteiger partial charge on any atom is 0.240 e. The summed E-state index contributed by atoms with van der Waals surface area (Å²) in [5.41, 5.74) is -0.240. The fourth-order valence-corrected chi connectivity index (χ4v) is 2.19. The molecule has 0 heterocycles. The van der Waals surface area contributed by atoms with Crippen LogP contribution in [-0.4, -0.2) is 24.5 Å². The lowest BCUT2D eigenvalue weighted by molar-refractivity contribution is -0.127. The van der Waals surface area contributed by atoms with Gasteiger partial charge in [0.1, 0.15) is 0 Å². The van der Waals surface area contributed by atoms with Crippen LogP contribution in [0.2, 0.25) is 0 Å². The molecule has 0 aromatic heterocycles. The minimum absolute atomic E-state index is 0.145. The second-order valence-electron chi connectivity index (χ2n) is 7.41. The van der Waals surface area contributed by atoms with E-state index in [9.17, 15) is 4.79 Å². The molecule has 0 fully saturated rings. The van der Waals surface area contributed by atoms with Crippen LogP contribution in [0.5, 0.6) is 0 Å². The first-order valence-corrected chi connectivity index (χ1v) is 8.20. The summed E-state index contributed by atoms with van der Waals surface area (Å²) in [6, 6.07) is 0. The number of unbranched alkanes of at least 4 members (excludes halogenated alkanes) is 1. The lowest BCUT2D eigenvalue weighted by Gasteiger charge is -2.35. The smallest absolute Gasteiger partial charge is 0.240 e. The topological polar surface area (TPSA) is 41.1 Å². The fraction of sp³-hybridized carbons (Fsp3) is 0.941. The van der Waals surface area contributed by atoms with Gasteiger partial charge < -0.3 is 10.6 Å². The van der Waals surface area contributed by atoms with Gasteiger partial charge in [-0.25, -0.2) is 0 Å². The number of hydrogen-bond acceptors (Lipinski definition) is 2. The number of carbonyl (C=O) groups excluding carboxylic acids is 1. The predicted octanol–water partition coefficient (Wildman–Crippen LogP) is 3.73. The Kier molecular flexibility index (Phi) is 8.41. The van der Waals surface area contributed by atoms with Crippen LogP contribution in [0, 0.1) is 11.3 Å². The molecule has 1 amide bonds. The van der Waals surface area contributed by atoms with Crippen LogP contribution in [0.4, 0.5) is 0 Å². The molecule has 1 unspecified atom stereocenters. The Balaban J connectivity index is 4.68. The minimum atomic E-state index is -0.464. The van der Waals surface area contributed by atoms with Gasteiger partial charge in [0.25, 0.3) is 0 Å². The van der Waals surface area contributed by atoms with E-state index in [1.54, 1.807) is 0 Å². The summed E-state index contributed by atoms with van der Waals surface area (Å²) in [6.07, 6.45) is 4.13. The van der Waals surface area contributed by atoms with Gasteiger partial charge in [-0.05, 0) is 37.5 Å². The molecule has 0 saturated heterocycles. The zero-order valence-corrected chi connectivity index (χ0v) is 14.7. The number of hydrogen-bond donors (Lipinski definition) is 2. The highest BCUT2D eigenvalue weighted by atomic mass is 16.2. The van der Waals surface area contributed by atoms with E-state index in [1.165, 1.54) is 0 Å². The van der Waals surface area contributed by atoms with Crippen LogP contribution in [0.25, 0.3) is 0 Å². The lowest BCUT2D eigenvalue weighted by atomic mass is 9.85. The van der Waals surface area contributed by atoms with E-state index in [2.05, 4.69) is 52.2 Å². The summed E-state index contributed by atoms with van der Waals surface area (Å²) >= 11 is 0. The van der Waals surface area contributed by atoms with Gasteiger partial charge >= 0.3 is 0 Å². The van der Waals surface area contributed by atoms with Gasteiger partial charge in [-0.3, -0.25) is 4.79 Å². The molecule has 1 atom stereocenters. The lowest BCUT2D eigenvalue weighted by Crippen LogP contribution is -2.57. The van der Waals surface area contributed by atoms with E-state index in [0.29, 0.717) is 5.92 Å². The standard InChI is InChI=1S/C17H36N2O/c1-8-10-11-18-15(20)17(7,12-14(3)4)19-13-16(5,6)9-2/h14,19H,8-13H2,1-7H3,(H,18,20). The van der Waals surface area contributed by atoms with E-state index in [0.717, 1.165) is 38.8 Å². The average molecular weight is 284 g/mol. The number of rotatable bonds is 10. The van der Waals surface area contributed by atoms with Crippen LogP contribution in [0.15, 0.2) is 0 Å². The van der Waals surface area contributed by atoms with E-state index in [1.807, 2.05) is 6.92 Å². The van der Waals surface area contributed by atoms with Crippen LogP contribution in [0.3, 0.4) is 0 Å². The van der Waals surface area contributed by atoms with Crippen LogP contribution in [0.1, 0.15) is 74.1 Å². The van der Waals surface area contributed by atoms with Gasteiger partial charge in [0.05, 0.1) is 5.54 Å². The van der Waals surface area contributed by atoms with Gasteiger partial charge in [0, 0.05) is 13.1 Å². The Morgan fingerprint density at radius 2 is 1.75 bits per heavy atom. The maximum atomic E-state index is 12.5. The first-order chi connectivity index (χ1) is 9.17. The minimum Gasteiger partial charge on any atom is -0.355 e. The normalized spacial score (nSPS) is 15.2. The summed E-state index contributed by atoms with van der Waals surface area (Å²) in [5.74, 6) is 0.640. The van der Waals surface area contributed by atoms with E-state index < -0.39 is 5.54 Å². The highest BCUT2D eigenvalue weighted by molar-refractivity contribution is 5.85. The summed E-state index contributed by atoms with van der Waals surface area (Å²) in [4.78, 5) is 12.5. The quantitative estimate of drug-likeness (QED) is 0.600. The van der Waals surface area contributed by atoms with E-state index >= 15 is 0 Å². The second kappa shape index (κ2) is 8.66. The SMILES string of the molecule is CCCCNC(=O)C(C)(CC(C)C)NCC(C)(C)CC. The van der Waals surface area contributed by atoms with Crippen molar-refractivity contribution in [1.29, 1.82) is 0 Å². The van der Waals surface area contributed by atoms with Crippen LogP contribution < -0.4 is 10.6 Å². The van der Waals surface area contributed by atoms with Gasteiger partial charge in [-0.1, -0.05) is 48.0 Å². The monoisotopic (exact) mass is 284 g/mol. The molecule has 3 nitrogen and oxygen atoms in total. The Morgan fingerprint density at radius 3 is 2.20 bits per heavy atom. The van der Waals surface area contributed by atoms with Crippen molar-refractivity contribution in [2.45, 2.75) is 79.7 Å². The first-order valence-electron chi connectivity index (χ1n) is 8.20. The van der Waals surface area contributed by atoms with Crippen LogP contribution >= 0.6 is 0 Å². The highest BCUT2D eigenvalue weighted by Crippen LogP contribution is 2.22. The van der Waals surface area contributed by atoms with E-state index in [-0.39, 0.29) is 11.3 Å². The molecule has 120 valence electrons. The van der Waals surface area contributed by atoms with Crippen LogP contribution in [-0.2, 0) is 4.79 Å². The van der Waals surface area contributed by atoms with Gasteiger partial charge in [-0.2, -0.15) is 0 Å². The highest BCUT2D eigenvalue weighted by Gasteiger charge is 2.34. The number of carbonyl (C=O) groups is 1. The summed E-state index contributed by atoms with van der Waals surface area (Å²) < 4.78 is 0. The third kappa shape index (κ3) is 7.28. The third-order valence-corrected chi connectivity index (χ3v) is 4.05. The van der Waals surface area contributed by atoms with Crippen molar-refractivity contribution in [3.63, 3.8) is 0 Å². The molecule has 3 heteroatoms. The molecule has 0 rings (SSSR count). The molecular formula is C17H36N2O. The van der Waals surface area contributed by atoms with Crippen molar-refractivity contribution in [3.05, 3.63) is 0 Å². The Hall–Kier alpha value is -0.570. The zero-order valence-electron chi connectivity index (χ0n) is 14.7. The van der Waals surface area contributed by atoms with Crippen molar-refractivity contribution in [1.82, 2.24) is 10.6 Å². The van der Waals surface area contributed by atoms with Gasteiger partial charge in [-0.15, -0.1) is 0 Å². The van der Waals surface area contributed by atoms with E-state index in [4.69, 9.17) is 0 Å². The molecule has 0 aromatic carbocycles. The molecule has 0 aliphatic heterocycles. The molecular weight excluding hydrogens is 248 g/mol. The summed E-state index contributed by atoms with van der Waals surface area (Å²) in [5, 5.41) is 6.62. The largest absolute Gasteiger partial charge is 0.355 e. The summed E-state index contributed by atoms with van der Waals surface area (Å²) in [7, 11) is 0. The Bertz CT molecular complexity index is 287. The number of nitrogens with one attached hydrogen (secondary N) is 2. The second-order valence-corrected chi connectivity index (χ2v) is 7.41. The molecule has 0 radical (unpaired) electrons.